The summed E-state index contributed by atoms with van der Waals surface area (Å²) in [6.45, 7) is 10.5. The van der Waals surface area contributed by atoms with Crippen molar-refractivity contribution >= 4 is 29.3 Å². The first-order valence-electron chi connectivity index (χ1n) is 9.75. The van der Waals surface area contributed by atoms with Gasteiger partial charge in [0, 0.05) is 6.42 Å². The largest absolute Gasteiger partial charge is 0.461 e. The molecule has 3 rings (SSSR count). The molecule has 1 aliphatic rings. The fraction of sp³-hybridized carbons (Fsp3) is 0.409. The Bertz CT molecular complexity index is 1080. The van der Waals surface area contributed by atoms with Crippen LogP contribution < -0.4 is 4.90 Å². The van der Waals surface area contributed by atoms with Crippen molar-refractivity contribution in [2.24, 2.45) is 0 Å². The highest BCUT2D eigenvalue weighted by molar-refractivity contribution is 6.35. The highest BCUT2D eigenvalue weighted by Crippen LogP contribution is 2.35. The summed E-state index contributed by atoms with van der Waals surface area (Å²) in [7, 11) is 0. The highest BCUT2D eigenvalue weighted by Gasteiger charge is 2.47. The molecule has 0 saturated carbocycles. The predicted molar refractivity (Wildman–Crippen MR) is 110 cm³/mol. The summed E-state index contributed by atoms with van der Waals surface area (Å²) in [4.78, 5) is 52.0. The normalized spacial score (nSPS) is 13.6. The lowest BCUT2D eigenvalue weighted by molar-refractivity contribution is -0.118. The fourth-order valence-electron chi connectivity index (χ4n) is 3.69. The van der Waals surface area contributed by atoms with Crippen molar-refractivity contribution in [3.8, 4) is 0 Å². The van der Waals surface area contributed by atoms with Crippen LogP contribution >= 0.6 is 0 Å². The Hall–Kier alpha value is -3.29. The molecule has 0 bridgehead atoms. The molecule has 2 amide bonds. The number of aromatic nitrogens is 2. The zero-order valence-electron chi connectivity index (χ0n) is 18.0. The third kappa shape index (κ3) is 3.42. The number of fused-ring (bicyclic) bond motifs is 1. The smallest absolute Gasteiger partial charge is 0.359 e. The minimum atomic E-state index is -0.921. The number of rotatable bonds is 6. The number of hydrogen-bond acceptors (Lipinski definition) is 6. The predicted octanol–water partition coefficient (Wildman–Crippen LogP) is 3.19. The van der Waals surface area contributed by atoms with Crippen LogP contribution in [0.25, 0.3) is 0 Å². The maximum Gasteiger partial charge on any atom is 0.359 e. The number of Topliss-reactive ketones (excluding diaryl/α,β-unsaturated/α-hetero) is 1. The molecular formula is C22H25N3O5. The Balaban J connectivity index is 2.21. The van der Waals surface area contributed by atoms with Crippen molar-refractivity contribution in [1.29, 1.82) is 0 Å². The summed E-state index contributed by atoms with van der Waals surface area (Å²) >= 11 is 0. The minimum absolute atomic E-state index is 0.00692. The van der Waals surface area contributed by atoms with Crippen molar-refractivity contribution in [1.82, 2.24) is 9.78 Å². The van der Waals surface area contributed by atoms with E-state index < -0.39 is 23.3 Å². The molecular weight excluding hydrogens is 386 g/mol. The zero-order chi connectivity index (χ0) is 22.4. The Morgan fingerprint density at radius 2 is 1.77 bits per heavy atom. The summed E-state index contributed by atoms with van der Waals surface area (Å²) in [6.07, 6.45) is 0.0779. The van der Waals surface area contributed by atoms with Crippen LogP contribution in [0.4, 0.5) is 5.69 Å². The van der Waals surface area contributed by atoms with Gasteiger partial charge in [0.15, 0.2) is 5.69 Å². The number of amides is 2. The first kappa shape index (κ1) is 21.4. The molecule has 1 aliphatic heterocycles. The topological polar surface area (TPSA) is 98.6 Å². The summed E-state index contributed by atoms with van der Waals surface area (Å²) in [6, 6.07) is 5.26. The third-order valence-corrected chi connectivity index (χ3v) is 5.18. The molecule has 0 unspecified atom stereocenters. The van der Waals surface area contributed by atoms with E-state index in [-0.39, 0.29) is 35.8 Å². The Morgan fingerprint density at radius 1 is 1.10 bits per heavy atom. The maximum absolute atomic E-state index is 13.4. The van der Waals surface area contributed by atoms with Gasteiger partial charge in [0.05, 0.1) is 17.8 Å². The summed E-state index contributed by atoms with van der Waals surface area (Å²) in [5.41, 5.74) is 1.13. The quantitative estimate of drug-likeness (QED) is 0.535. The zero-order valence-corrected chi connectivity index (χ0v) is 18.0. The van der Waals surface area contributed by atoms with E-state index in [1.165, 1.54) is 11.6 Å². The number of ketones is 1. The van der Waals surface area contributed by atoms with Gasteiger partial charge in [-0.05, 0) is 64.8 Å². The molecule has 2 heterocycles. The van der Waals surface area contributed by atoms with Crippen LogP contribution in [0.5, 0.6) is 0 Å². The van der Waals surface area contributed by atoms with Gasteiger partial charge in [-0.2, -0.15) is 5.10 Å². The molecule has 0 radical (unpaired) electrons. The minimum Gasteiger partial charge on any atom is -0.461 e. The van der Waals surface area contributed by atoms with Gasteiger partial charge in [-0.25, -0.2) is 9.69 Å². The highest BCUT2D eigenvalue weighted by atomic mass is 16.5. The van der Waals surface area contributed by atoms with E-state index in [0.717, 1.165) is 16.0 Å². The van der Waals surface area contributed by atoms with E-state index in [2.05, 4.69) is 5.10 Å². The Labute approximate surface area is 174 Å². The number of carbonyl (C=O) groups excluding carboxylic acids is 4. The van der Waals surface area contributed by atoms with Crippen LogP contribution in [0.15, 0.2) is 18.2 Å². The lowest BCUT2D eigenvalue weighted by Crippen LogP contribution is -2.36. The van der Waals surface area contributed by atoms with E-state index >= 15 is 0 Å². The number of ether oxygens (including phenoxy) is 1. The van der Waals surface area contributed by atoms with E-state index in [0.29, 0.717) is 5.69 Å². The fourth-order valence-corrected chi connectivity index (χ4v) is 3.69. The first-order valence-corrected chi connectivity index (χ1v) is 9.75. The second kappa shape index (κ2) is 7.51. The van der Waals surface area contributed by atoms with Crippen LogP contribution in [0.2, 0.25) is 0 Å². The molecule has 8 nitrogen and oxygen atoms in total. The van der Waals surface area contributed by atoms with Gasteiger partial charge >= 0.3 is 5.97 Å². The Kier molecular flexibility index (Phi) is 5.36. The maximum atomic E-state index is 13.4. The number of hydrogen-bond donors (Lipinski definition) is 0. The monoisotopic (exact) mass is 411 g/mol. The molecule has 0 fully saturated rings. The van der Waals surface area contributed by atoms with Crippen molar-refractivity contribution in [3.05, 3.63) is 46.3 Å². The molecule has 1 aromatic carbocycles. The molecule has 1 aromatic heterocycles. The molecule has 30 heavy (non-hydrogen) atoms. The lowest BCUT2D eigenvalue weighted by atomic mass is 9.98. The summed E-state index contributed by atoms with van der Waals surface area (Å²) in [5, 5.41) is 4.26. The molecule has 0 atom stereocenters. The van der Waals surface area contributed by atoms with E-state index in [4.69, 9.17) is 4.74 Å². The van der Waals surface area contributed by atoms with Crippen LogP contribution in [-0.4, -0.2) is 40.0 Å². The van der Waals surface area contributed by atoms with Gasteiger partial charge in [-0.15, -0.1) is 0 Å². The number of benzene rings is 1. The number of esters is 1. The van der Waals surface area contributed by atoms with Gasteiger partial charge in [-0.1, -0.05) is 6.07 Å². The second-order valence-corrected chi connectivity index (χ2v) is 8.11. The number of carbonyl (C=O) groups is 4. The van der Waals surface area contributed by atoms with Crippen LogP contribution in [-0.2, 0) is 15.1 Å². The van der Waals surface area contributed by atoms with Crippen molar-refractivity contribution in [3.63, 3.8) is 0 Å². The number of aryl methyl sites for hydroxylation is 2. The van der Waals surface area contributed by atoms with Crippen LogP contribution in [0.1, 0.15) is 76.6 Å². The average Bonchev–Trinajstić information content (AvgIpc) is 3.15. The standard InChI is InChI=1S/C22H25N3O5/c1-7-30-21(29)17-16-18(25(23-17)22(5,6)11-14(4)26)20(28)24(19(16)27)15-9-8-12(2)13(3)10-15/h8-10H,7,11H2,1-6H3. The third-order valence-electron chi connectivity index (χ3n) is 5.18. The van der Waals surface area contributed by atoms with Crippen molar-refractivity contribution < 1.29 is 23.9 Å². The van der Waals surface area contributed by atoms with Crippen LogP contribution in [0.3, 0.4) is 0 Å². The average molecular weight is 411 g/mol. The molecule has 2 aromatic rings. The van der Waals surface area contributed by atoms with Gasteiger partial charge < -0.3 is 4.74 Å². The SMILES string of the molecule is CCOC(=O)c1nn(C(C)(C)CC(C)=O)c2c1C(=O)N(c1ccc(C)c(C)c1)C2=O. The first-order chi connectivity index (χ1) is 14.0. The summed E-state index contributed by atoms with van der Waals surface area (Å²) < 4.78 is 6.37. The molecule has 8 heteroatoms. The molecule has 158 valence electrons. The van der Waals surface area contributed by atoms with Gasteiger partial charge in [0.2, 0.25) is 0 Å². The second-order valence-electron chi connectivity index (χ2n) is 8.11. The van der Waals surface area contributed by atoms with E-state index in [1.54, 1.807) is 32.9 Å². The number of anilines is 1. The molecule has 0 spiro atoms. The van der Waals surface area contributed by atoms with Gasteiger partial charge in [-0.3, -0.25) is 19.1 Å². The van der Waals surface area contributed by atoms with Crippen molar-refractivity contribution in [2.75, 3.05) is 11.5 Å². The van der Waals surface area contributed by atoms with Gasteiger partial charge in [0.1, 0.15) is 17.0 Å². The van der Waals surface area contributed by atoms with E-state index in [1.807, 2.05) is 19.9 Å². The summed E-state index contributed by atoms with van der Waals surface area (Å²) in [5.74, 6) is -2.11. The van der Waals surface area contributed by atoms with Crippen LogP contribution in [0, 0.1) is 13.8 Å². The molecule has 0 aliphatic carbocycles. The molecule has 0 N–H and O–H groups in total. The lowest BCUT2D eigenvalue weighted by Gasteiger charge is -2.26. The van der Waals surface area contributed by atoms with Gasteiger partial charge in [0.25, 0.3) is 11.8 Å². The molecule has 0 saturated heterocycles. The van der Waals surface area contributed by atoms with E-state index in [9.17, 15) is 19.2 Å². The van der Waals surface area contributed by atoms with Crippen molar-refractivity contribution in [2.45, 2.75) is 53.5 Å². The number of nitrogens with zero attached hydrogens (tertiary/aromatic N) is 3. The number of imide groups is 1. The Morgan fingerprint density at radius 3 is 2.33 bits per heavy atom.